The zero-order valence-electron chi connectivity index (χ0n) is 12.2. The number of methoxy groups -OCH3 is 2. The summed E-state index contributed by atoms with van der Waals surface area (Å²) in [6, 6.07) is 0. The smallest absolute Gasteiger partial charge is 0.156 e. The van der Waals surface area contributed by atoms with Gasteiger partial charge in [-0.2, -0.15) is 0 Å². The molecule has 0 N–H and O–H groups in total. The van der Waals surface area contributed by atoms with Gasteiger partial charge in [-0.15, -0.1) is 0 Å². The van der Waals surface area contributed by atoms with Gasteiger partial charge in [-0.3, -0.25) is 0 Å². The van der Waals surface area contributed by atoms with Crippen LogP contribution >= 0.6 is 0 Å². The highest BCUT2D eigenvalue weighted by Gasteiger charge is 2.28. The van der Waals surface area contributed by atoms with Crippen molar-refractivity contribution in [2.45, 2.75) is 60.2 Å². The van der Waals surface area contributed by atoms with E-state index in [1.165, 1.54) is 6.42 Å². The maximum absolute atomic E-state index is 5.22. The van der Waals surface area contributed by atoms with Crippen molar-refractivity contribution in [3.05, 3.63) is 0 Å². The summed E-state index contributed by atoms with van der Waals surface area (Å²) in [4.78, 5) is 0. The molecule has 0 aromatic heterocycles. The van der Waals surface area contributed by atoms with Gasteiger partial charge in [0.25, 0.3) is 0 Å². The Balaban J connectivity index is 4.10. The van der Waals surface area contributed by atoms with E-state index in [0.29, 0.717) is 11.3 Å². The first kappa shape index (κ1) is 15.9. The lowest BCUT2D eigenvalue weighted by atomic mass is 9.71. The minimum absolute atomic E-state index is 0.0422. The van der Waals surface area contributed by atoms with Gasteiger partial charge < -0.3 is 9.47 Å². The Morgan fingerprint density at radius 2 is 1.50 bits per heavy atom. The van der Waals surface area contributed by atoms with Crippen molar-refractivity contribution in [1.82, 2.24) is 0 Å². The van der Waals surface area contributed by atoms with Crippen LogP contribution in [0, 0.1) is 17.3 Å². The van der Waals surface area contributed by atoms with Crippen molar-refractivity contribution in [1.29, 1.82) is 0 Å². The molecule has 0 spiro atoms. The molecule has 0 saturated carbocycles. The summed E-state index contributed by atoms with van der Waals surface area (Å²) in [5, 5.41) is 0. The summed E-state index contributed by atoms with van der Waals surface area (Å²) in [5.41, 5.74) is 0.426. The topological polar surface area (TPSA) is 18.5 Å². The maximum Gasteiger partial charge on any atom is 0.156 e. The van der Waals surface area contributed by atoms with E-state index in [0.717, 1.165) is 18.8 Å². The second kappa shape index (κ2) is 7.29. The van der Waals surface area contributed by atoms with Crippen LogP contribution in [0.2, 0.25) is 0 Å². The molecule has 0 aliphatic carbocycles. The fourth-order valence-electron chi connectivity index (χ4n) is 2.07. The summed E-state index contributed by atoms with van der Waals surface area (Å²) in [6.45, 7) is 11.7. The van der Waals surface area contributed by atoms with Crippen molar-refractivity contribution in [2.75, 3.05) is 14.2 Å². The van der Waals surface area contributed by atoms with Gasteiger partial charge in [-0.25, -0.2) is 0 Å². The molecule has 0 saturated heterocycles. The number of hydrogen-bond acceptors (Lipinski definition) is 2. The Morgan fingerprint density at radius 1 is 1.00 bits per heavy atom. The first-order valence-corrected chi connectivity index (χ1v) is 6.44. The first-order valence-electron chi connectivity index (χ1n) is 6.44. The number of ether oxygens (including phenoxy) is 2. The normalized spacial score (nSPS) is 16.5. The van der Waals surface area contributed by atoms with E-state index >= 15 is 0 Å². The van der Waals surface area contributed by atoms with E-state index in [2.05, 4.69) is 34.6 Å². The maximum atomic E-state index is 5.22. The summed E-state index contributed by atoms with van der Waals surface area (Å²) in [7, 11) is 3.41. The SMILES string of the molecule is CCC(C)(C)C(C)C(C)CCC(OC)OC. The molecule has 0 heterocycles. The average Bonchev–Trinajstić information content (AvgIpc) is 2.29. The summed E-state index contributed by atoms with van der Waals surface area (Å²) < 4.78 is 10.4. The van der Waals surface area contributed by atoms with Crippen LogP contribution in [-0.2, 0) is 9.47 Å². The standard InChI is InChI=1S/C14H30O2/c1-8-14(4,5)12(3)11(2)9-10-13(15-6)16-7/h11-13H,8-10H2,1-7H3. The molecular weight excluding hydrogens is 200 g/mol. The molecule has 0 rings (SSSR count). The molecule has 98 valence electrons. The molecule has 0 fully saturated rings. The summed E-state index contributed by atoms with van der Waals surface area (Å²) in [6.07, 6.45) is 3.34. The fraction of sp³-hybridized carbons (Fsp3) is 1.00. The average molecular weight is 230 g/mol. The molecule has 0 aliphatic rings. The van der Waals surface area contributed by atoms with Crippen molar-refractivity contribution in [2.24, 2.45) is 17.3 Å². The van der Waals surface area contributed by atoms with Crippen LogP contribution in [-0.4, -0.2) is 20.5 Å². The van der Waals surface area contributed by atoms with Gasteiger partial charge >= 0.3 is 0 Å². The van der Waals surface area contributed by atoms with Crippen LogP contribution in [0.5, 0.6) is 0 Å². The Hall–Kier alpha value is -0.0800. The van der Waals surface area contributed by atoms with Crippen LogP contribution in [0.3, 0.4) is 0 Å². The van der Waals surface area contributed by atoms with Gasteiger partial charge in [0.05, 0.1) is 0 Å². The van der Waals surface area contributed by atoms with Crippen LogP contribution in [0.15, 0.2) is 0 Å². The van der Waals surface area contributed by atoms with Gasteiger partial charge in [0.1, 0.15) is 0 Å². The Labute approximate surface area is 102 Å². The lowest BCUT2D eigenvalue weighted by Crippen LogP contribution is -2.27. The summed E-state index contributed by atoms with van der Waals surface area (Å²) in [5.74, 6) is 1.44. The Bertz CT molecular complexity index is 174. The highest BCUT2D eigenvalue weighted by atomic mass is 16.7. The predicted molar refractivity (Wildman–Crippen MR) is 69.4 cm³/mol. The first-order chi connectivity index (χ1) is 7.38. The number of rotatable bonds is 8. The van der Waals surface area contributed by atoms with Gasteiger partial charge in [0.2, 0.25) is 0 Å². The zero-order valence-corrected chi connectivity index (χ0v) is 12.2. The molecule has 2 atom stereocenters. The quantitative estimate of drug-likeness (QED) is 0.585. The third-order valence-corrected chi connectivity index (χ3v) is 4.38. The summed E-state index contributed by atoms with van der Waals surface area (Å²) >= 11 is 0. The van der Waals surface area contributed by atoms with E-state index in [1.807, 2.05) is 0 Å². The molecular formula is C14H30O2. The zero-order chi connectivity index (χ0) is 12.8. The van der Waals surface area contributed by atoms with Gasteiger partial charge in [-0.1, -0.05) is 41.0 Å². The number of hydrogen-bond donors (Lipinski definition) is 0. The van der Waals surface area contributed by atoms with E-state index in [9.17, 15) is 0 Å². The van der Waals surface area contributed by atoms with Crippen molar-refractivity contribution in [3.8, 4) is 0 Å². The lowest BCUT2D eigenvalue weighted by molar-refractivity contribution is -0.109. The minimum atomic E-state index is -0.0422. The molecule has 16 heavy (non-hydrogen) atoms. The van der Waals surface area contributed by atoms with E-state index < -0.39 is 0 Å². The van der Waals surface area contributed by atoms with Crippen LogP contribution in [0.4, 0.5) is 0 Å². The van der Waals surface area contributed by atoms with Crippen molar-refractivity contribution in [3.63, 3.8) is 0 Å². The molecule has 2 nitrogen and oxygen atoms in total. The second-order valence-corrected chi connectivity index (χ2v) is 5.59. The van der Waals surface area contributed by atoms with Gasteiger partial charge in [0.15, 0.2) is 6.29 Å². The van der Waals surface area contributed by atoms with Gasteiger partial charge in [0, 0.05) is 14.2 Å². The molecule has 0 amide bonds. The van der Waals surface area contributed by atoms with Gasteiger partial charge in [-0.05, 0) is 30.1 Å². The van der Waals surface area contributed by atoms with Crippen molar-refractivity contribution < 1.29 is 9.47 Å². The van der Waals surface area contributed by atoms with E-state index in [1.54, 1.807) is 14.2 Å². The van der Waals surface area contributed by atoms with E-state index in [-0.39, 0.29) is 6.29 Å². The third-order valence-electron chi connectivity index (χ3n) is 4.38. The molecule has 2 heteroatoms. The molecule has 0 aliphatic heterocycles. The van der Waals surface area contributed by atoms with Crippen LogP contribution in [0.25, 0.3) is 0 Å². The van der Waals surface area contributed by atoms with Crippen LogP contribution in [0.1, 0.15) is 53.9 Å². The molecule has 0 radical (unpaired) electrons. The van der Waals surface area contributed by atoms with Crippen LogP contribution < -0.4 is 0 Å². The Kier molecular flexibility index (Phi) is 7.25. The van der Waals surface area contributed by atoms with E-state index in [4.69, 9.17) is 9.47 Å². The molecule has 2 unspecified atom stereocenters. The third kappa shape index (κ3) is 4.84. The largest absolute Gasteiger partial charge is 0.356 e. The monoisotopic (exact) mass is 230 g/mol. The minimum Gasteiger partial charge on any atom is -0.356 e. The highest BCUT2D eigenvalue weighted by Crippen LogP contribution is 2.37. The fourth-order valence-corrected chi connectivity index (χ4v) is 2.07. The Morgan fingerprint density at radius 3 is 1.88 bits per heavy atom. The predicted octanol–water partition coefficient (Wildman–Crippen LogP) is 4.09. The highest BCUT2D eigenvalue weighted by molar-refractivity contribution is 4.77. The molecule has 0 aromatic rings. The van der Waals surface area contributed by atoms with Crippen molar-refractivity contribution >= 4 is 0 Å². The second-order valence-electron chi connectivity index (χ2n) is 5.59. The lowest BCUT2D eigenvalue weighted by Gasteiger charge is -2.35. The molecule has 0 bridgehead atoms. The molecule has 0 aromatic carbocycles.